The van der Waals surface area contributed by atoms with Gasteiger partial charge in [0, 0.05) is 6.08 Å². The third-order valence-corrected chi connectivity index (χ3v) is 5.72. The van der Waals surface area contributed by atoms with Crippen LogP contribution in [0.1, 0.15) is 18.4 Å². The molecule has 0 atom stereocenters. The normalized spacial score (nSPS) is 11.9. The number of allylic oxidation sites excluding steroid dienone is 1. The Bertz CT molecular complexity index is 799. The second kappa shape index (κ2) is 7.11. The van der Waals surface area contributed by atoms with Crippen molar-refractivity contribution in [3.8, 4) is 0 Å². The van der Waals surface area contributed by atoms with Crippen LogP contribution in [0.15, 0.2) is 41.3 Å². The summed E-state index contributed by atoms with van der Waals surface area (Å²) in [5.41, 5.74) is 1.34. The lowest BCUT2D eigenvalue weighted by molar-refractivity contribution is -0.641. The minimum atomic E-state index is 0. The van der Waals surface area contributed by atoms with Crippen LogP contribution in [0.4, 0.5) is 0 Å². The highest BCUT2D eigenvalue weighted by molar-refractivity contribution is 8.02. The minimum absolute atomic E-state index is 0. The Labute approximate surface area is 151 Å². The van der Waals surface area contributed by atoms with Crippen LogP contribution in [-0.2, 0) is 7.05 Å². The van der Waals surface area contributed by atoms with Gasteiger partial charge in [0.05, 0.1) is 5.39 Å². The molecule has 2 aromatic carbocycles. The van der Waals surface area contributed by atoms with E-state index in [-0.39, 0.29) is 24.0 Å². The van der Waals surface area contributed by atoms with Crippen molar-refractivity contribution < 1.29 is 28.5 Å². The van der Waals surface area contributed by atoms with Gasteiger partial charge in [-0.1, -0.05) is 42.5 Å². The molecule has 0 radical (unpaired) electrons. The monoisotopic (exact) mass is 427 g/mol. The number of aryl methyl sites for hydroxylation is 1. The van der Waals surface area contributed by atoms with Crippen LogP contribution in [0.3, 0.4) is 0 Å². The van der Waals surface area contributed by atoms with E-state index < -0.39 is 0 Å². The predicted octanol–water partition coefficient (Wildman–Crippen LogP) is 2.00. The molecule has 0 saturated heterocycles. The highest BCUT2D eigenvalue weighted by Crippen LogP contribution is 2.29. The molecule has 0 aliphatic rings. The first-order valence-corrected chi connectivity index (χ1v) is 8.83. The van der Waals surface area contributed by atoms with E-state index in [1.165, 1.54) is 30.9 Å². The number of thiazole rings is 1. The van der Waals surface area contributed by atoms with E-state index in [1.54, 1.807) is 0 Å². The van der Waals surface area contributed by atoms with E-state index in [2.05, 4.69) is 67.3 Å². The summed E-state index contributed by atoms with van der Waals surface area (Å²) in [6.07, 6.45) is 5.57. The highest BCUT2D eigenvalue weighted by Gasteiger charge is 2.18. The number of hydrogen-bond donors (Lipinski definition) is 0. The summed E-state index contributed by atoms with van der Waals surface area (Å²) in [6.45, 7) is 2.21. The minimum Gasteiger partial charge on any atom is -1.00 e. The van der Waals surface area contributed by atoms with Crippen molar-refractivity contribution in [2.45, 2.75) is 13.3 Å². The Kier molecular flexibility index (Phi) is 5.68. The smallest absolute Gasteiger partial charge is 0.263 e. The first kappa shape index (κ1) is 16.8. The molecule has 0 saturated carbocycles. The van der Waals surface area contributed by atoms with Crippen molar-refractivity contribution in [2.24, 2.45) is 7.05 Å². The van der Waals surface area contributed by atoms with Gasteiger partial charge in [-0.05, 0) is 35.1 Å². The molecule has 0 aliphatic carbocycles. The van der Waals surface area contributed by atoms with Gasteiger partial charge in [-0.2, -0.15) is 4.57 Å². The fourth-order valence-electron chi connectivity index (χ4n) is 2.52. The van der Waals surface area contributed by atoms with Crippen LogP contribution in [0.5, 0.6) is 0 Å². The molecule has 0 bridgehead atoms. The fraction of sp³-hybridized carbons (Fsp3) is 0.235. The summed E-state index contributed by atoms with van der Waals surface area (Å²) in [5.74, 6) is 0. The van der Waals surface area contributed by atoms with Gasteiger partial charge < -0.3 is 24.0 Å². The van der Waals surface area contributed by atoms with Crippen molar-refractivity contribution in [1.29, 1.82) is 0 Å². The number of nitrogens with zero attached hydrogens (tertiary/aromatic N) is 1. The maximum absolute atomic E-state index is 2.33. The summed E-state index contributed by atoms with van der Waals surface area (Å²) in [4.78, 5) is 1.43. The molecule has 4 heteroatoms. The van der Waals surface area contributed by atoms with E-state index in [0.717, 1.165) is 6.42 Å². The molecule has 3 rings (SSSR count). The Hall–Kier alpha value is -0.590. The summed E-state index contributed by atoms with van der Waals surface area (Å²) < 4.78 is 3.68. The van der Waals surface area contributed by atoms with Gasteiger partial charge >= 0.3 is 0 Å². The Morgan fingerprint density at radius 1 is 1.24 bits per heavy atom. The molecule has 0 amide bonds. The third kappa shape index (κ3) is 3.12. The molecule has 0 unspecified atom stereocenters. The molecular weight excluding hydrogens is 409 g/mol. The number of benzene rings is 2. The van der Waals surface area contributed by atoms with Gasteiger partial charge in [0.15, 0.2) is 0 Å². The molecule has 3 aromatic rings. The standard InChI is InChI=1S/C17H18NS2.HI/c1-4-13(19-3)11-16-18(2)17-14-8-6-5-7-12(14)9-10-15(17)20-16;/h5-11H,4H2,1-3H3;1H/q+1;/p-1/b13-11+;. The summed E-state index contributed by atoms with van der Waals surface area (Å²) in [5, 5.41) is 3.97. The highest BCUT2D eigenvalue weighted by atomic mass is 127. The quantitative estimate of drug-likeness (QED) is 0.457. The lowest BCUT2D eigenvalue weighted by atomic mass is 10.1. The van der Waals surface area contributed by atoms with Crippen LogP contribution < -0.4 is 28.5 Å². The number of aromatic nitrogens is 1. The average molecular weight is 427 g/mol. The summed E-state index contributed by atoms with van der Waals surface area (Å²) >= 11 is 3.71. The fourth-order valence-corrected chi connectivity index (χ4v) is 4.25. The van der Waals surface area contributed by atoms with Gasteiger partial charge in [-0.25, -0.2) is 0 Å². The van der Waals surface area contributed by atoms with Crippen LogP contribution in [0.2, 0.25) is 0 Å². The van der Waals surface area contributed by atoms with E-state index in [4.69, 9.17) is 0 Å². The molecular formula is C17H18INS2. The largest absolute Gasteiger partial charge is 1.00 e. The van der Waals surface area contributed by atoms with Crippen LogP contribution in [0.25, 0.3) is 27.1 Å². The zero-order valence-corrected chi connectivity index (χ0v) is 16.2. The number of halogens is 1. The zero-order chi connectivity index (χ0) is 14.1. The van der Waals surface area contributed by atoms with E-state index in [9.17, 15) is 0 Å². The van der Waals surface area contributed by atoms with E-state index in [0.29, 0.717) is 0 Å². The first-order valence-electron chi connectivity index (χ1n) is 6.79. The van der Waals surface area contributed by atoms with Gasteiger partial charge in [0.2, 0.25) is 5.52 Å². The molecule has 1 nitrogen and oxygen atoms in total. The Morgan fingerprint density at radius 3 is 2.71 bits per heavy atom. The third-order valence-electron chi connectivity index (χ3n) is 3.64. The number of thioether (sulfide) groups is 1. The van der Waals surface area contributed by atoms with Crippen LogP contribution in [0, 0.1) is 0 Å². The van der Waals surface area contributed by atoms with Gasteiger partial charge in [0.1, 0.15) is 11.7 Å². The topological polar surface area (TPSA) is 3.88 Å². The van der Waals surface area contributed by atoms with Crippen LogP contribution in [-0.4, -0.2) is 6.26 Å². The summed E-state index contributed by atoms with van der Waals surface area (Å²) in [7, 11) is 2.17. The number of hydrogen-bond acceptors (Lipinski definition) is 2. The predicted molar refractivity (Wildman–Crippen MR) is 92.3 cm³/mol. The van der Waals surface area contributed by atoms with Crippen molar-refractivity contribution >= 4 is 50.2 Å². The van der Waals surface area contributed by atoms with Crippen molar-refractivity contribution in [3.05, 3.63) is 46.3 Å². The molecule has 110 valence electrons. The van der Waals surface area contributed by atoms with Gasteiger partial charge in [-0.3, -0.25) is 0 Å². The van der Waals surface area contributed by atoms with Crippen molar-refractivity contribution in [2.75, 3.05) is 6.26 Å². The molecule has 0 N–H and O–H groups in total. The second-order valence-electron chi connectivity index (χ2n) is 4.80. The average Bonchev–Trinajstić information content (AvgIpc) is 2.81. The maximum Gasteiger partial charge on any atom is 0.263 e. The molecule has 0 aliphatic heterocycles. The maximum atomic E-state index is 2.33. The van der Waals surface area contributed by atoms with Crippen LogP contribution >= 0.6 is 23.1 Å². The number of fused-ring (bicyclic) bond motifs is 3. The van der Waals surface area contributed by atoms with Crippen molar-refractivity contribution in [1.82, 2.24) is 0 Å². The zero-order valence-electron chi connectivity index (χ0n) is 12.4. The van der Waals surface area contributed by atoms with Gasteiger partial charge in [0.25, 0.3) is 5.01 Å². The second-order valence-corrected chi connectivity index (χ2v) is 6.80. The van der Waals surface area contributed by atoms with E-state index >= 15 is 0 Å². The number of rotatable bonds is 3. The molecule has 21 heavy (non-hydrogen) atoms. The lowest BCUT2D eigenvalue weighted by Gasteiger charge is -1.97. The van der Waals surface area contributed by atoms with E-state index in [1.807, 2.05) is 23.1 Å². The molecule has 0 fully saturated rings. The SMILES string of the molecule is CC/C(=C\c1sc2ccc3ccccc3c2[n+]1C)SC.[I-]. The Morgan fingerprint density at radius 2 is 2.00 bits per heavy atom. The van der Waals surface area contributed by atoms with Gasteiger partial charge in [-0.15, -0.1) is 11.8 Å². The molecule has 1 heterocycles. The molecule has 0 spiro atoms. The molecule has 1 aromatic heterocycles. The summed E-state index contributed by atoms with van der Waals surface area (Å²) in [6, 6.07) is 13.1. The first-order chi connectivity index (χ1) is 9.74. The Balaban J connectivity index is 0.00000161. The van der Waals surface area contributed by atoms with Crippen molar-refractivity contribution in [3.63, 3.8) is 0 Å². The lowest BCUT2D eigenvalue weighted by Crippen LogP contribution is -3.00.